The maximum absolute atomic E-state index is 12.4. The van der Waals surface area contributed by atoms with Gasteiger partial charge in [-0.3, -0.25) is 4.79 Å². The van der Waals surface area contributed by atoms with Crippen LogP contribution in [0, 0.1) is 0 Å². The third-order valence-electron chi connectivity index (χ3n) is 3.65. The van der Waals surface area contributed by atoms with Crippen LogP contribution in [0.25, 0.3) is 0 Å². The lowest BCUT2D eigenvalue weighted by molar-refractivity contribution is 0.0939. The zero-order valence-corrected chi connectivity index (χ0v) is 14.5. The van der Waals surface area contributed by atoms with E-state index in [1.54, 1.807) is 25.3 Å². The van der Waals surface area contributed by atoms with E-state index in [4.69, 9.17) is 9.47 Å². The summed E-state index contributed by atoms with van der Waals surface area (Å²) in [6.45, 7) is 4.67. The summed E-state index contributed by atoms with van der Waals surface area (Å²) in [4.78, 5) is 12.4. The zero-order chi connectivity index (χ0) is 17.4. The zero-order valence-electron chi connectivity index (χ0n) is 14.5. The molecule has 2 aromatic rings. The van der Waals surface area contributed by atoms with E-state index in [9.17, 15) is 4.79 Å². The number of benzene rings is 2. The van der Waals surface area contributed by atoms with Crippen molar-refractivity contribution in [2.24, 2.45) is 0 Å². The molecular weight excluding hydrogens is 302 g/mol. The smallest absolute Gasteiger partial charge is 0.251 e. The van der Waals surface area contributed by atoms with E-state index in [1.165, 1.54) is 5.56 Å². The molecule has 0 aromatic heterocycles. The Bertz CT molecular complexity index is 655. The Morgan fingerprint density at radius 3 is 2.54 bits per heavy atom. The highest BCUT2D eigenvalue weighted by atomic mass is 16.5. The number of carbonyl (C=O) groups is 1. The number of ether oxygens (including phenoxy) is 2. The van der Waals surface area contributed by atoms with Crippen molar-refractivity contribution in [3.8, 4) is 11.5 Å². The van der Waals surface area contributed by atoms with Crippen molar-refractivity contribution in [3.63, 3.8) is 0 Å². The second-order valence-corrected chi connectivity index (χ2v) is 5.78. The van der Waals surface area contributed by atoms with Crippen LogP contribution in [0.3, 0.4) is 0 Å². The van der Waals surface area contributed by atoms with Gasteiger partial charge >= 0.3 is 0 Å². The number of methoxy groups -OCH3 is 1. The molecule has 1 N–H and O–H groups in total. The van der Waals surface area contributed by atoms with E-state index in [-0.39, 0.29) is 11.9 Å². The first-order valence-electron chi connectivity index (χ1n) is 8.29. The topological polar surface area (TPSA) is 47.6 Å². The van der Waals surface area contributed by atoms with E-state index in [0.29, 0.717) is 23.7 Å². The number of rotatable bonds is 8. The van der Waals surface area contributed by atoms with Crippen molar-refractivity contribution in [2.45, 2.75) is 32.7 Å². The maximum Gasteiger partial charge on any atom is 0.251 e. The normalized spacial score (nSPS) is 11.6. The van der Waals surface area contributed by atoms with E-state index >= 15 is 0 Å². The molecule has 4 nitrogen and oxygen atoms in total. The predicted molar refractivity (Wildman–Crippen MR) is 95.9 cm³/mol. The highest BCUT2D eigenvalue weighted by molar-refractivity contribution is 5.95. The van der Waals surface area contributed by atoms with Crippen molar-refractivity contribution >= 4 is 5.91 Å². The molecule has 0 aliphatic rings. The Hall–Kier alpha value is -2.49. The highest BCUT2D eigenvalue weighted by Gasteiger charge is 2.13. The standard InChI is InChI=1S/C20H25NO3/c1-4-12-24-18-11-10-17(14-19(18)23-3)20(22)21-15(2)13-16-8-6-5-7-9-16/h5-11,14-15H,4,12-13H2,1-3H3,(H,21,22)/t15-/m1/s1. The molecule has 0 saturated carbocycles. The van der Waals surface area contributed by atoms with Crippen LogP contribution >= 0.6 is 0 Å². The second kappa shape index (κ2) is 8.96. The maximum atomic E-state index is 12.4. The van der Waals surface area contributed by atoms with Gasteiger partial charge in [0, 0.05) is 11.6 Å². The monoisotopic (exact) mass is 327 g/mol. The predicted octanol–water partition coefficient (Wildman–Crippen LogP) is 3.85. The van der Waals surface area contributed by atoms with E-state index in [1.807, 2.05) is 32.0 Å². The first kappa shape index (κ1) is 17.9. The third-order valence-corrected chi connectivity index (χ3v) is 3.65. The Labute approximate surface area is 143 Å². The minimum atomic E-state index is -0.112. The summed E-state index contributed by atoms with van der Waals surface area (Å²) >= 11 is 0. The van der Waals surface area contributed by atoms with Gasteiger partial charge in [0.2, 0.25) is 0 Å². The molecule has 128 valence electrons. The van der Waals surface area contributed by atoms with Crippen LogP contribution in [-0.4, -0.2) is 25.7 Å². The lowest BCUT2D eigenvalue weighted by atomic mass is 10.1. The number of hydrogen-bond donors (Lipinski definition) is 1. The average molecular weight is 327 g/mol. The number of carbonyl (C=O) groups excluding carboxylic acids is 1. The number of amides is 1. The summed E-state index contributed by atoms with van der Waals surface area (Å²) in [7, 11) is 1.58. The summed E-state index contributed by atoms with van der Waals surface area (Å²) in [5.74, 6) is 1.12. The van der Waals surface area contributed by atoms with Crippen LogP contribution in [0.4, 0.5) is 0 Å². The fraction of sp³-hybridized carbons (Fsp3) is 0.350. The Morgan fingerprint density at radius 1 is 1.12 bits per heavy atom. The summed E-state index contributed by atoms with van der Waals surface area (Å²) in [5.41, 5.74) is 1.77. The molecule has 1 amide bonds. The lowest BCUT2D eigenvalue weighted by Crippen LogP contribution is -2.34. The van der Waals surface area contributed by atoms with E-state index in [0.717, 1.165) is 12.8 Å². The van der Waals surface area contributed by atoms with Crippen molar-refractivity contribution in [1.82, 2.24) is 5.32 Å². The van der Waals surface area contributed by atoms with Gasteiger partial charge in [0.25, 0.3) is 5.91 Å². The molecule has 0 saturated heterocycles. The molecule has 0 fully saturated rings. The first-order chi connectivity index (χ1) is 11.6. The van der Waals surface area contributed by atoms with Crippen LogP contribution in [0.15, 0.2) is 48.5 Å². The number of hydrogen-bond acceptors (Lipinski definition) is 3. The minimum absolute atomic E-state index is 0.0434. The Kier molecular flexibility index (Phi) is 6.67. The van der Waals surface area contributed by atoms with E-state index in [2.05, 4.69) is 17.4 Å². The molecule has 1 atom stereocenters. The van der Waals surface area contributed by atoms with Crippen molar-refractivity contribution in [2.75, 3.05) is 13.7 Å². The quantitative estimate of drug-likeness (QED) is 0.801. The summed E-state index contributed by atoms with van der Waals surface area (Å²) in [6.07, 6.45) is 1.71. The van der Waals surface area contributed by atoms with Gasteiger partial charge in [-0.05, 0) is 43.5 Å². The second-order valence-electron chi connectivity index (χ2n) is 5.78. The molecular formula is C20H25NO3. The van der Waals surface area contributed by atoms with Gasteiger partial charge in [0.15, 0.2) is 11.5 Å². The molecule has 0 radical (unpaired) electrons. The van der Waals surface area contributed by atoms with Crippen molar-refractivity contribution < 1.29 is 14.3 Å². The van der Waals surface area contributed by atoms with Crippen LogP contribution in [0.5, 0.6) is 11.5 Å². The molecule has 2 aromatic carbocycles. The minimum Gasteiger partial charge on any atom is -0.493 e. The highest BCUT2D eigenvalue weighted by Crippen LogP contribution is 2.28. The molecule has 4 heteroatoms. The van der Waals surface area contributed by atoms with Crippen LogP contribution in [0.1, 0.15) is 36.2 Å². The fourth-order valence-electron chi connectivity index (χ4n) is 2.47. The molecule has 24 heavy (non-hydrogen) atoms. The van der Waals surface area contributed by atoms with Gasteiger partial charge in [0.1, 0.15) is 0 Å². The largest absolute Gasteiger partial charge is 0.493 e. The Balaban J connectivity index is 2.01. The first-order valence-corrected chi connectivity index (χ1v) is 8.29. The molecule has 0 heterocycles. The van der Waals surface area contributed by atoms with Crippen LogP contribution < -0.4 is 14.8 Å². The average Bonchev–Trinajstić information content (AvgIpc) is 2.60. The van der Waals surface area contributed by atoms with Crippen LogP contribution in [0.2, 0.25) is 0 Å². The number of nitrogens with one attached hydrogen (secondary N) is 1. The van der Waals surface area contributed by atoms with Crippen LogP contribution in [-0.2, 0) is 6.42 Å². The molecule has 0 aliphatic heterocycles. The molecule has 0 spiro atoms. The molecule has 0 unspecified atom stereocenters. The van der Waals surface area contributed by atoms with Gasteiger partial charge in [-0.15, -0.1) is 0 Å². The lowest BCUT2D eigenvalue weighted by Gasteiger charge is -2.15. The Morgan fingerprint density at radius 2 is 1.88 bits per heavy atom. The van der Waals surface area contributed by atoms with Crippen molar-refractivity contribution in [3.05, 3.63) is 59.7 Å². The molecule has 0 bridgehead atoms. The van der Waals surface area contributed by atoms with Gasteiger partial charge < -0.3 is 14.8 Å². The summed E-state index contributed by atoms with van der Waals surface area (Å²) < 4.78 is 10.9. The molecule has 2 rings (SSSR count). The summed E-state index contributed by atoms with van der Waals surface area (Å²) in [5, 5.41) is 3.02. The fourth-order valence-corrected chi connectivity index (χ4v) is 2.47. The summed E-state index contributed by atoms with van der Waals surface area (Å²) in [6, 6.07) is 15.4. The van der Waals surface area contributed by atoms with Gasteiger partial charge in [0.05, 0.1) is 13.7 Å². The van der Waals surface area contributed by atoms with Crippen molar-refractivity contribution in [1.29, 1.82) is 0 Å². The van der Waals surface area contributed by atoms with Gasteiger partial charge in [-0.1, -0.05) is 37.3 Å². The third kappa shape index (κ3) is 5.01. The van der Waals surface area contributed by atoms with Gasteiger partial charge in [-0.25, -0.2) is 0 Å². The van der Waals surface area contributed by atoms with E-state index < -0.39 is 0 Å². The van der Waals surface area contributed by atoms with Gasteiger partial charge in [-0.2, -0.15) is 0 Å². The molecule has 0 aliphatic carbocycles. The SMILES string of the molecule is CCCOc1ccc(C(=O)N[C@H](C)Cc2ccccc2)cc1OC.